The van der Waals surface area contributed by atoms with Crippen LogP contribution in [0.2, 0.25) is 0 Å². The van der Waals surface area contributed by atoms with E-state index in [0.717, 1.165) is 13.8 Å². The molecule has 0 amide bonds. The summed E-state index contributed by atoms with van der Waals surface area (Å²) in [5.74, 6) is -2.17. The Morgan fingerprint density at radius 1 is 1.00 bits per heavy atom. The third-order valence-corrected chi connectivity index (χ3v) is 0. The first-order chi connectivity index (χ1) is 4.46. The first-order valence-electron chi connectivity index (χ1n) is 2.02. The molecule has 0 fully saturated rings. The van der Waals surface area contributed by atoms with Gasteiger partial charge in [-0.15, -0.1) is 0 Å². The van der Waals surface area contributed by atoms with Crippen molar-refractivity contribution in [1.82, 2.24) is 0 Å². The van der Waals surface area contributed by atoms with E-state index >= 15 is 0 Å². The van der Waals surface area contributed by atoms with Crippen LogP contribution in [0.15, 0.2) is 0 Å². The molecular weight excluding hydrogens is 140 g/mol. The van der Waals surface area contributed by atoms with Crippen LogP contribution in [0.5, 0.6) is 0 Å². The Morgan fingerprint density at radius 3 is 1.00 bits per heavy atom. The first kappa shape index (κ1) is 15.9. The van der Waals surface area contributed by atoms with Gasteiger partial charge in [-0.1, -0.05) is 0 Å². The number of carbonyl (C=O) groups is 2. The second-order valence-electron chi connectivity index (χ2n) is 0.983. The topological polar surface area (TPSA) is 97.3 Å². The Labute approximate surface area is 58.3 Å². The summed E-state index contributed by atoms with van der Waals surface area (Å²) in [4.78, 5) is 25.3. The molecule has 0 saturated carbocycles. The maximum atomic E-state index is 8.89. The summed E-state index contributed by atoms with van der Waals surface area (Å²) in [6, 6.07) is 0. The maximum absolute atomic E-state index is 8.89. The standard InChI is InChI=1S/2C2H4O2.CO/c2*1-2(3)4;1-2/h2*1H3,(H,3,4);/q;;+2/p-2. The summed E-state index contributed by atoms with van der Waals surface area (Å²) in [7, 11) is 0. The Bertz CT molecular complexity index is 78.2. The monoisotopic (exact) mass is 146 g/mol. The van der Waals surface area contributed by atoms with Gasteiger partial charge in [0, 0.05) is 11.9 Å². The van der Waals surface area contributed by atoms with Gasteiger partial charge in [0.2, 0.25) is 0 Å². The van der Waals surface area contributed by atoms with E-state index in [1.54, 1.807) is 0 Å². The molecular formula is C5H6O5. The van der Waals surface area contributed by atoms with Gasteiger partial charge >= 0.3 is 11.6 Å². The minimum absolute atomic E-state index is 0.972. The Balaban J connectivity index is -0.0000000787. The second-order valence-corrected chi connectivity index (χ2v) is 0.983. The number of carbonyl (C=O) groups excluding carboxylic acids is 3. The Kier molecular flexibility index (Phi) is 24.9. The van der Waals surface area contributed by atoms with Gasteiger partial charge in [0.1, 0.15) is 0 Å². The van der Waals surface area contributed by atoms with Gasteiger partial charge in [0.05, 0.1) is 0 Å². The van der Waals surface area contributed by atoms with Crippen molar-refractivity contribution in [1.29, 1.82) is 0 Å². The zero-order valence-electron chi connectivity index (χ0n) is 5.54. The molecule has 0 bridgehead atoms. The molecule has 5 heteroatoms. The molecule has 0 unspecified atom stereocenters. The molecule has 5 nitrogen and oxygen atoms in total. The third-order valence-electron chi connectivity index (χ3n) is 0. The van der Waals surface area contributed by atoms with Crippen LogP contribution in [0.3, 0.4) is 0 Å². The van der Waals surface area contributed by atoms with Crippen LogP contribution in [-0.2, 0) is 14.4 Å². The summed E-state index contributed by atoms with van der Waals surface area (Å²) in [5.41, 5.74) is 0. The van der Waals surface area contributed by atoms with Crippen LogP contribution in [0, 0.1) is 0 Å². The van der Waals surface area contributed by atoms with Crippen molar-refractivity contribution in [2.45, 2.75) is 13.8 Å². The van der Waals surface area contributed by atoms with E-state index in [0.29, 0.717) is 0 Å². The van der Waals surface area contributed by atoms with Crippen LogP contribution < -0.4 is 10.2 Å². The number of hydrogen-bond acceptors (Lipinski definition) is 5. The van der Waals surface area contributed by atoms with E-state index in [2.05, 4.69) is 6.79 Å². The number of rotatable bonds is 0. The van der Waals surface area contributed by atoms with E-state index in [-0.39, 0.29) is 0 Å². The Morgan fingerprint density at radius 2 is 1.00 bits per heavy atom. The molecule has 0 rings (SSSR count). The molecule has 0 aliphatic rings. The van der Waals surface area contributed by atoms with E-state index in [4.69, 9.17) is 24.6 Å². The Hall–Kier alpha value is -1.26. The normalized spacial score (nSPS) is 5.60. The molecule has 0 radical (unpaired) electrons. The fourth-order valence-corrected chi connectivity index (χ4v) is 0. The van der Waals surface area contributed by atoms with E-state index in [1.807, 2.05) is 0 Å². The zero-order valence-corrected chi connectivity index (χ0v) is 5.54. The molecule has 0 aliphatic carbocycles. The van der Waals surface area contributed by atoms with Crippen LogP contribution in [0.4, 0.5) is 0 Å². The molecule has 0 saturated heterocycles. The fraction of sp³-hybridized carbons (Fsp3) is 0.400. The number of hydrogen-bond donors (Lipinski definition) is 0. The molecule has 0 aromatic rings. The third kappa shape index (κ3) is 140. The van der Waals surface area contributed by atoms with Gasteiger partial charge in [-0.25, -0.2) is 0 Å². The van der Waals surface area contributed by atoms with Gasteiger partial charge < -0.3 is 19.8 Å². The molecule has 0 atom stereocenters. The summed E-state index contributed by atoms with van der Waals surface area (Å²) in [6.07, 6.45) is 0. The molecule has 56 valence electrons. The van der Waals surface area contributed by atoms with Crippen LogP contribution in [0.25, 0.3) is 0 Å². The summed E-state index contributed by atoms with van der Waals surface area (Å²) >= 11 is 0. The van der Waals surface area contributed by atoms with Crippen molar-refractivity contribution in [3.05, 3.63) is 0 Å². The van der Waals surface area contributed by atoms with Crippen molar-refractivity contribution in [2.24, 2.45) is 0 Å². The van der Waals surface area contributed by atoms with Crippen LogP contribution >= 0.6 is 0 Å². The predicted octanol–water partition coefficient (Wildman–Crippen LogP) is -2.88. The molecule has 0 aromatic heterocycles. The van der Waals surface area contributed by atoms with E-state index < -0.39 is 11.9 Å². The number of carboxylic acids is 2. The molecule has 0 aromatic carbocycles. The molecule has 0 N–H and O–H groups in total. The number of aliphatic carboxylic acids is 2. The predicted molar refractivity (Wildman–Crippen MR) is 27.1 cm³/mol. The molecule has 0 spiro atoms. The average Bonchev–Trinajstić information content (AvgIpc) is 1.66. The van der Waals surface area contributed by atoms with Gasteiger partial charge in [0.25, 0.3) is 0 Å². The van der Waals surface area contributed by atoms with Gasteiger partial charge in [-0.3, -0.25) is 0 Å². The van der Waals surface area contributed by atoms with Crippen molar-refractivity contribution in [3.63, 3.8) is 0 Å². The van der Waals surface area contributed by atoms with Crippen molar-refractivity contribution >= 4 is 18.7 Å². The summed E-state index contributed by atoms with van der Waals surface area (Å²) in [5, 5.41) is 17.8. The van der Waals surface area contributed by atoms with Crippen molar-refractivity contribution in [2.75, 3.05) is 0 Å². The summed E-state index contributed by atoms with van der Waals surface area (Å²) < 4.78 is 0. The molecule has 0 heterocycles. The SMILES string of the molecule is CC(=O)[O-].CC(=O)[O-].[C+2]=O. The zero-order chi connectivity index (χ0) is 9.15. The minimum atomic E-state index is -1.08. The van der Waals surface area contributed by atoms with E-state index in [9.17, 15) is 0 Å². The summed E-state index contributed by atoms with van der Waals surface area (Å²) in [6.45, 7) is 6.44. The van der Waals surface area contributed by atoms with Gasteiger partial charge in [-0.2, -0.15) is 0 Å². The molecule has 10 heavy (non-hydrogen) atoms. The van der Waals surface area contributed by atoms with Crippen molar-refractivity contribution in [3.8, 4) is 0 Å². The van der Waals surface area contributed by atoms with Crippen molar-refractivity contribution < 1.29 is 24.6 Å². The first-order valence-corrected chi connectivity index (χ1v) is 2.02. The quantitative estimate of drug-likeness (QED) is 0.365. The average molecular weight is 146 g/mol. The van der Waals surface area contributed by atoms with E-state index in [1.165, 1.54) is 0 Å². The van der Waals surface area contributed by atoms with Gasteiger partial charge in [0.15, 0.2) is 0 Å². The number of carboxylic acid groups (broad SMARTS) is 2. The van der Waals surface area contributed by atoms with Crippen LogP contribution in [0.1, 0.15) is 13.8 Å². The molecule has 0 aliphatic heterocycles. The second kappa shape index (κ2) is 15.6. The van der Waals surface area contributed by atoms with Crippen LogP contribution in [-0.4, -0.2) is 18.7 Å². The fourth-order valence-electron chi connectivity index (χ4n) is 0. The van der Waals surface area contributed by atoms with Gasteiger partial charge in [-0.05, 0) is 13.8 Å².